The van der Waals surface area contributed by atoms with Crippen molar-refractivity contribution in [2.45, 2.75) is 46.6 Å². The Hall–Kier alpha value is -0.610. The van der Waals surface area contributed by atoms with Gasteiger partial charge in [0.05, 0.1) is 24.7 Å². The van der Waals surface area contributed by atoms with Crippen LogP contribution in [-0.2, 0) is 14.3 Å². The molecule has 0 amide bonds. The molecular formula is C13H27NO3. The van der Waals surface area contributed by atoms with Crippen molar-refractivity contribution in [1.29, 1.82) is 0 Å². The van der Waals surface area contributed by atoms with Crippen LogP contribution in [-0.4, -0.2) is 38.4 Å². The molecule has 0 rings (SSSR count). The lowest BCUT2D eigenvalue weighted by atomic mass is 9.89. The molecule has 4 heteroatoms. The van der Waals surface area contributed by atoms with Crippen molar-refractivity contribution in [1.82, 2.24) is 5.32 Å². The molecule has 0 saturated heterocycles. The number of methoxy groups -OCH3 is 1. The van der Waals surface area contributed by atoms with E-state index in [4.69, 9.17) is 9.47 Å². The second-order valence-corrected chi connectivity index (χ2v) is 5.84. The zero-order chi connectivity index (χ0) is 13.5. The Morgan fingerprint density at radius 2 is 1.71 bits per heavy atom. The molecular weight excluding hydrogens is 218 g/mol. The Bertz CT molecular complexity index is 231. The molecule has 0 bridgehead atoms. The monoisotopic (exact) mass is 245 g/mol. The third-order valence-electron chi connectivity index (χ3n) is 2.48. The minimum atomic E-state index is -0.424. The summed E-state index contributed by atoms with van der Waals surface area (Å²) in [6, 6.07) is 0. The quantitative estimate of drug-likeness (QED) is 0.550. The SMILES string of the molecule is COC(=O)C(C)(C)CCNCCOC(C)(C)C. The van der Waals surface area contributed by atoms with Crippen LogP contribution in [0.15, 0.2) is 0 Å². The van der Waals surface area contributed by atoms with Crippen LogP contribution in [0.1, 0.15) is 41.0 Å². The molecule has 0 atom stereocenters. The topological polar surface area (TPSA) is 47.6 Å². The molecule has 0 fully saturated rings. The first-order valence-corrected chi connectivity index (χ1v) is 6.12. The van der Waals surface area contributed by atoms with E-state index in [2.05, 4.69) is 5.32 Å². The van der Waals surface area contributed by atoms with Crippen molar-refractivity contribution in [3.8, 4) is 0 Å². The van der Waals surface area contributed by atoms with Crippen LogP contribution in [0.25, 0.3) is 0 Å². The minimum Gasteiger partial charge on any atom is -0.469 e. The molecule has 0 aliphatic carbocycles. The second-order valence-electron chi connectivity index (χ2n) is 5.84. The predicted molar refractivity (Wildman–Crippen MR) is 69.0 cm³/mol. The fourth-order valence-electron chi connectivity index (χ4n) is 1.33. The summed E-state index contributed by atoms with van der Waals surface area (Å²) in [7, 11) is 1.43. The normalized spacial score (nSPS) is 12.6. The number of nitrogens with one attached hydrogen (secondary N) is 1. The van der Waals surface area contributed by atoms with Gasteiger partial charge in [0.15, 0.2) is 0 Å². The van der Waals surface area contributed by atoms with Crippen LogP contribution in [0.3, 0.4) is 0 Å². The van der Waals surface area contributed by atoms with Gasteiger partial charge < -0.3 is 14.8 Å². The van der Waals surface area contributed by atoms with Crippen LogP contribution in [0, 0.1) is 5.41 Å². The Balaban J connectivity index is 3.62. The maximum Gasteiger partial charge on any atom is 0.311 e. The van der Waals surface area contributed by atoms with E-state index in [9.17, 15) is 4.79 Å². The van der Waals surface area contributed by atoms with Crippen molar-refractivity contribution >= 4 is 5.97 Å². The summed E-state index contributed by atoms with van der Waals surface area (Å²) in [6.45, 7) is 12.2. The Morgan fingerprint density at radius 1 is 1.12 bits per heavy atom. The molecule has 4 nitrogen and oxygen atoms in total. The summed E-state index contributed by atoms with van der Waals surface area (Å²) in [5.74, 6) is -0.162. The lowest BCUT2D eigenvalue weighted by Gasteiger charge is -2.22. The molecule has 0 heterocycles. The van der Waals surface area contributed by atoms with Crippen molar-refractivity contribution in [3.63, 3.8) is 0 Å². The zero-order valence-electron chi connectivity index (χ0n) is 12.1. The van der Waals surface area contributed by atoms with Crippen molar-refractivity contribution < 1.29 is 14.3 Å². The van der Waals surface area contributed by atoms with Gasteiger partial charge in [-0.3, -0.25) is 4.79 Å². The van der Waals surface area contributed by atoms with E-state index in [-0.39, 0.29) is 11.6 Å². The fraction of sp³-hybridized carbons (Fsp3) is 0.923. The lowest BCUT2D eigenvalue weighted by Crippen LogP contribution is -2.32. The average molecular weight is 245 g/mol. The van der Waals surface area contributed by atoms with Crippen LogP contribution in [0.2, 0.25) is 0 Å². The number of ether oxygens (including phenoxy) is 2. The first kappa shape index (κ1) is 16.4. The molecule has 0 aliphatic heterocycles. The third kappa shape index (κ3) is 8.16. The second kappa shape index (κ2) is 6.97. The van der Waals surface area contributed by atoms with Gasteiger partial charge in [0.25, 0.3) is 0 Å². The van der Waals surface area contributed by atoms with Gasteiger partial charge in [-0.15, -0.1) is 0 Å². The first-order chi connectivity index (χ1) is 7.69. The van der Waals surface area contributed by atoms with E-state index < -0.39 is 5.41 Å². The molecule has 0 aromatic carbocycles. The van der Waals surface area contributed by atoms with E-state index in [0.717, 1.165) is 19.5 Å². The van der Waals surface area contributed by atoms with Gasteiger partial charge in [0.1, 0.15) is 0 Å². The largest absolute Gasteiger partial charge is 0.469 e. The third-order valence-corrected chi connectivity index (χ3v) is 2.48. The number of carbonyl (C=O) groups excluding carboxylic acids is 1. The fourth-order valence-corrected chi connectivity index (χ4v) is 1.33. The molecule has 0 aliphatic rings. The van der Waals surface area contributed by atoms with Crippen molar-refractivity contribution in [2.24, 2.45) is 5.41 Å². The highest BCUT2D eigenvalue weighted by Crippen LogP contribution is 2.20. The molecule has 17 heavy (non-hydrogen) atoms. The summed E-state index contributed by atoms with van der Waals surface area (Å²) in [5.41, 5.74) is -0.514. The summed E-state index contributed by atoms with van der Waals surface area (Å²) >= 11 is 0. The number of hydrogen-bond acceptors (Lipinski definition) is 4. The smallest absolute Gasteiger partial charge is 0.311 e. The highest BCUT2D eigenvalue weighted by molar-refractivity contribution is 5.75. The van der Waals surface area contributed by atoms with Gasteiger partial charge in [-0.05, 0) is 47.6 Å². The summed E-state index contributed by atoms with van der Waals surface area (Å²) in [4.78, 5) is 11.4. The maximum absolute atomic E-state index is 11.4. The zero-order valence-corrected chi connectivity index (χ0v) is 12.1. The van der Waals surface area contributed by atoms with E-state index >= 15 is 0 Å². The molecule has 1 N–H and O–H groups in total. The summed E-state index contributed by atoms with van der Waals surface area (Å²) in [5, 5.41) is 3.26. The van der Waals surface area contributed by atoms with E-state index in [0.29, 0.717) is 6.61 Å². The van der Waals surface area contributed by atoms with Gasteiger partial charge >= 0.3 is 5.97 Å². The lowest BCUT2D eigenvalue weighted by molar-refractivity contribution is -0.151. The molecule has 0 spiro atoms. The van der Waals surface area contributed by atoms with Crippen LogP contribution in [0.5, 0.6) is 0 Å². The van der Waals surface area contributed by atoms with Crippen LogP contribution in [0.4, 0.5) is 0 Å². The molecule has 0 saturated carbocycles. The molecule has 0 radical (unpaired) electrons. The van der Waals surface area contributed by atoms with Gasteiger partial charge in [-0.2, -0.15) is 0 Å². The maximum atomic E-state index is 11.4. The summed E-state index contributed by atoms with van der Waals surface area (Å²) in [6.07, 6.45) is 0.759. The summed E-state index contributed by atoms with van der Waals surface area (Å²) < 4.78 is 10.3. The Labute approximate surface area is 105 Å². The number of rotatable bonds is 7. The van der Waals surface area contributed by atoms with Crippen molar-refractivity contribution in [3.05, 3.63) is 0 Å². The number of carbonyl (C=O) groups is 1. The molecule has 102 valence electrons. The molecule has 0 unspecified atom stereocenters. The average Bonchev–Trinajstić information content (AvgIpc) is 2.20. The molecule has 0 aromatic heterocycles. The van der Waals surface area contributed by atoms with Gasteiger partial charge in [0.2, 0.25) is 0 Å². The van der Waals surface area contributed by atoms with Gasteiger partial charge in [0, 0.05) is 6.54 Å². The highest BCUT2D eigenvalue weighted by atomic mass is 16.5. The molecule has 0 aromatic rings. The van der Waals surface area contributed by atoms with Gasteiger partial charge in [-0.25, -0.2) is 0 Å². The van der Waals surface area contributed by atoms with E-state index in [1.165, 1.54) is 7.11 Å². The Morgan fingerprint density at radius 3 is 2.18 bits per heavy atom. The first-order valence-electron chi connectivity index (χ1n) is 6.12. The minimum absolute atomic E-state index is 0.0903. The van der Waals surface area contributed by atoms with Gasteiger partial charge in [-0.1, -0.05) is 0 Å². The van der Waals surface area contributed by atoms with Crippen LogP contribution < -0.4 is 5.32 Å². The van der Waals surface area contributed by atoms with Crippen LogP contribution >= 0.6 is 0 Å². The predicted octanol–water partition coefficient (Wildman–Crippen LogP) is 1.98. The standard InChI is InChI=1S/C13H27NO3/c1-12(2,3)17-10-9-14-8-7-13(4,5)11(15)16-6/h14H,7-10H2,1-6H3. The van der Waals surface area contributed by atoms with E-state index in [1.54, 1.807) is 0 Å². The van der Waals surface area contributed by atoms with Crippen molar-refractivity contribution in [2.75, 3.05) is 26.8 Å². The number of hydrogen-bond donors (Lipinski definition) is 1. The van der Waals surface area contributed by atoms with E-state index in [1.807, 2.05) is 34.6 Å². The number of esters is 1. The highest BCUT2D eigenvalue weighted by Gasteiger charge is 2.27. The Kier molecular flexibility index (Phi) is 6.72.